The molecular weight excluding hydrogens is 398 g/mol. The van der Waals surface area contributed by atoms with Crippen molar-refractivity contribution in [1.29, 1.82) is 5.41 Å². The Morgan fingerprint density at radius 1 is 1.14 bits per heavy atom. The number of carboxylic acid groups (broad SMARTS) is 1. The molecule has 1 atom stereocenters. The van der Waals surface area contributed by atoms with Crippen LogP contribution in [0.5, 0.6) is 0 Å². The zero-order chi connectivity index (χ0) is 21.4. The highest BCUT2D eigenvalue weighted by molar-refractivity contribution is 6.30. The number of carboxylic acids is 1. The van der Waals surface area contributed by atoms with Crippen LogP contribution < -0.4 is 21.7 Å². The van der Waals surface area contributed by atoms with E-state index in [2.05, 4.69) is 16.0 Å². The van der Waals surface area contributed by atoms with E-state index in [0.717, 1.165) is 0 Å². The van der Waals surface area contributed by atoms with Gasteiger partial charge in [0.2, 0.25) is 5.91 Å². The predicted octanol–water partition coefficient (Wildman–Crippen LogP) is 1.71. The fourth-order valence-electron chi connectivity index (χ4n) is 2.55. The van der Waals surface area contributed by atoms with Gasteiger partial charge in [-0.1, -0.05) is 29.8 Å². The fourth-order valence-corrected chi connectivity index (χ4v) is 2.75. The number of nitrogens with two attached hydrogens (primary N) is 1. The van der Waals surface area contributed by atoms with E-state index in [4.69, 9.17) is 27.9 Å². The van der Waals surface area contributed by atoms with Crippen molar-refractivity contribution in [3.05, 3.63) is 64.7 Å². The fraction of sp³-hybridized carbons (Fsp3) is 0.158. The molecular formula is C19H20ClN5O4. The van der Waals surface area contributed by atoms with Gasteiger partial charge in [-0.15, -0.1) is 0 Å². The number of guanidine groups is 1. The third kappa shape index (κ3) is 7.15. The summed E-state index contributed by atoms with van der Waals surface area (Å²) in [6, 6.07) is 12.0. The number of hydrogen-bond donors (Lipinski definition) is 6. The summed E-state index contributed by atoms with van der Waals surface area (Å²) in [4.78, 5) is 35.6. The van der Waals surface area contributed by atoms with Crippen LogP contribution in [0.15, 0.2) is 48.5 Å². The van der Waals surface area contributed by atoms with Gasteiger partial charge in [-0.3, -0.25) is 19.8 Å². The highest BCUT2D eigenvalue weighted by atomic mass is 35.5. The Balaban J connectivity index is 1.98. The molecule has 152 valence electrons. The van der Waals surface area contributed by atoms with Crippen LogP contribution in [0.25, 0.3) is 0 Å². The molecule has 2 amide bonds. The minimum atomic E-state index is -1.09. The second-order valence-corrected chi connectivity index (χ2v) is 6.51. The predicted molar refractivity (Wildman–Crippen MR) is 109 cm³/mol. The van der Waals surface area contributed by atoms with Gasteiger partial charge in [-0.25, -0.2) is 0 Å². The van der Waals surface area contributed by atoms with Gasteiger partial charge in [-0.05, 0) is 35.9 Å². The Morgan fingerprint density at radius 2 is 1.86 bits per heavy atom. The number of amides is 2. The van der Waals surface area contributed by atoms with Crippen LogP contribution in [0.4, 0.5) is 5.69 Å². The normalized spacial score (nSPS) is 11.2. The van der Waals surface area contributed by atoms with Crippen LogP contribution >= 0.6 is 11.6 Å². The number of carbonyl (C=O) groups excluding carboxylic acids is 2. The lowest BCUT2D eigenvalue weighted by atomic mass is 10.0. The van der Waals surface area contributed by atoms with Crippen molar-refractivity contribution < 1.29 is 19.5 Å². The Bertz CT molecular complexity index is 934. The van der Waals surface area contributed by atoms with Crippen molar-refractivity contribution in [3.8, 4) is 0 Å². The molecule has 0 radical (unpaired) electrons. The third-order valence-electron chi connectivity index (χ3n) is 3.78. The molecule has 0 aliphatic carbocycles. The number of halogens is 1. The Morgan fingerprint density at radius 3 is 2.52 bits per heavy atom. The van der Waals surface area contributed by atoms with Crippen molar-refractivity contribution in [1.82, 2.24) is 10.6 Å². The van der Waals surface area contributed by atoms with Gasteiger partial charge in [0.05, 0.1) is 19.0 Å². The van der Waals surface area contributed by atoms with E-state index in [0.29, 0.717) is 16.3 Å². The summed E-state index contributed by atoms with van der Waals surface area (Å²) < 4.78 is 0. The molecule has 0 aromatic heterocycles. The zero-order valence-electron chi connectivity index (χ0n) is 15.2. The highest BCUT2D eigenvalue weighted by Crippen LogP contribution is 2.20. The molecule has 1 unspecified atom stereocenters. The van der Waals surface area contributed by atoms with Crippen LogP contribution in [0.2, 0.25) is 5.02 Å². The largest absolute Gasteiger partial charge is 0.481 e. The number of nitrogens with one attached hydrogen (secondary N) is 4. The summed E-state index contributed by atoms with van der Waals surface area (Å²) in [5, 5.41) is 24.3. The average Bonchev–Trinajstić information content (AvgIpc) is 2.65. The molecule has 0 saturated carbocycles. The van der Waals surface area contributed by atoms with Crippen LogP contribution in [0, 0.1) is 5.41 Å². The van der Waals surface area contributed by atoms with Crippen molar-refractivity contribution in [2.75, 3.05) is 11.9 Å². The van der Waals surface area contributed by atoms with Crippen molar-refractivity contribution in [3.63, 3.8) is 0 Å². The monoisotopic (exact) mass is 417 g/mol. The average molecular weight is 418 g/mol. The lowest BCUT2D eigenvalue weighted by Gasteiger charge is -2.18. The summed E-state index contributed by atoms with van der Waals surface area (Å²) >= 11 is 5.93. The van der Waals surface area contributed by atoms with Crippen molar-refractivity contribution in [2.24, 2.45) is 5.73 Å². The SMILES string of the molecule is N=C(N)Nc1cccc(C(=O)NCC(=O)NC(CC(=O)O)c2cccc(Cl)c2)c1. The molecule has 0 aliphatic heterocycles. The van der Waals surface area contributed by atoms with Crippen LogP contribution in [-0.2, 0) is 9.59 Å². The van der Waals surface area contributed by atoms with Gasteiger partial charge >= 0.3 is 5.97 Å². The number of benzene rings is 2. The van der Waals surface area contributed by atoms with E-state index in [9.17, 15) is 14.4 Å². The van der Waals surface area contributed by atoms with Gasteiger partial charge in [0.25, 0.3) is 5.91 Å². The Kier molecular flexibility index (Phi) is 7.55. The third-order valence-corrected chi connectivity index (χ3v) is 4.01. The maximum absolute atomic E-state index is 12.2. The molecule has 29 heavy (non-hydrogen) atoms. The quantitative estimate of drug-likeness (QED) is 0.283. The Hall–Kier alpha value is -3.59. The molecule has 9 nitrogen and oxygen atoms in total. The molecule has 0 spiro atoms. The number of aliphatic carboxylic acids is 1. The minimum absolute atomic E-state index is 0.265. The molecule has 0 aliphatic rings. The van der Waals surface area contributed by atoms with E-state index in [1.807, 2.05) is 0 Å². The lowest BCUT2D eigenvalue weighted by molar-refractivity contribution is -0.137. The second-order valence-electron chi connectivity index (χ2n) is 6.08. The smallest absolute Gasteiger partial charge is 0.305 e. The van der Waals surface area contributed by atoms with Gasteiger partial charge in [0.15, 0.2) is 5.96 Å². The molecule has 2 rings (SSSR count). The first-order valence-electron chi connectivity index (χ1n) is 8.50. The van der Waals surface area contributed by atoms with Gasteiger partial charge in [0, 0.05) is 16.3 Å². The van der Waals surface area contributed by atoms with E-state index in [1.54, 1.807) is 36.4 Å². The van der Waals surface area contributed by atoms with Gasteiger partial charge < -0.3 is 26.8 Å². The van der Waals surface area contributed by atoms with Gasteiger partial charge in [0.1, 0.15) is 0 Å². The Labute approximate surface area is 171 Å². The van der Waals surface area contributed by atoms with E-state index >= 15 is 0 Å². The maximum atomic E-state index is 12.2. The van der Waals surface area contributed by atoms with Gasteiger partial charge in [-0.2, -0.15) is 0 Å². The molecule has 2 aromatic rings. The van der Waals surface area contributed by atoms with Crippen LogP contribution in [0.1, 0.15) is 28.4 Å². The summed E-state index contributed by atoms with van der Waals surface area (Å²) in [5.74, 6) is -2.42. The topological polar surface area (TPSA) is 157 Å². The number of rotatable bonds is 8. The van der Waals surface area contributed by atoms with Crippen molar-refractivity contribution >= 4 is 41.0 Å². The van der Waals surface area contributed by atoms with E-state index in [-0.39, 0.29) is 24.5 Å². The first kappa shape index (κ1) is 21.7. The summed E-state index contributed by atoms with van der Waals surface area (Å²) in [5.41, 5.74) is 6.52. The summed E-state index contributed by atoms with van der Waals surface area (Å²) in [7, 11) is 0. The molecule has 0 heterocycles. The molecule has 0 fully saturated rings. The molecule has 2 aromatic carbocycles. The number of hydrogen-bond acceptors (Lipinski definition) is 4. The molecule has 0 bridgehead atoms. The molecule has 10 heteroatoms. The molecule has 7 N–H and O–H groups in total. The first-order valence-corrected chi connectivity index (χ1v) is 8.88. The second kappa shape index (κ2) is 10.1. The zero-order valence-corrected chi connectivity index (χ0v) is 16.0. The van der Waals surface area contributed by atoms with Crippen LogP contribution in [0.3, 0.4) is 0 Å². The summed E-state index contributed by atoms with van der Waals surface area (Å²) in [6.07, 6.45) is -0.335. The maximum Gasteiger partial charge on any atom is 0.305 e. The standard InChI is InChI=1S/C19H20ClN5O4/c20-13-5-1-3-11(7-13)15(9-17(27)28)25-16(26)10-23-18(29)12-4-2-6-14(8-12)24-19(21)22/h1-8,15H,9-10H2,(H,23,29)(H,25,26)(H,27,28)(H4,21,22,24). The lowest BCUT2D eigenvalue weighted by Crippen LogP contribution is -2.39. The van der Waals surface area contributed by atoms with E-state index < -0.39 is 23.8 Å². The molecule has 0 saturated heterocycles. The first-order chi connectivity index (χ1) is 13.7. The highest BCUT2D eigenvalue weighted by Gasteiger charge is 2.19. The summed E-state index contributed by atoms with van der Waals surface area (Å²) in [6.45, 7) is -0.347. The van der Waals surface area contributed by atoms with Crippen LogP contribution in [-0.4, -0.2) is 35.4 Å². The number of carbonyl (C=O) groups is 3. The number of anilines is 1. The van der Waals surface area contributed by atoms with E-state index in [1.165, 1.54) is 12.1 Å². The van der Waals surface area contributed by atoms with Crippen molar-refractivity contribution in [2.45, 2.75) is 12.5 Å². The minimum Gasteiger partial charge on any atom is -0.481 e.